The van der Waals surface area contributed by atoms with Gasteiger partial charge < -0.3 is 5.11 Å². The van der Waals surface area contributed by atoms with Crippen molar-refractivity contribution in [3.63, 3.8) is 0 Å². The Hall–Kier alpha value is -1.38. The monoisotopic (exact) mass is 373 g/mol. The topological polar surface area (TPSA) is 33.1 Å². The molecule has 0 unspecified atom stereocenters. The number of nitrogens with zero attached hydrogens (tertiary/aromatic N) is 1. The summed E-state index contributed by atoms with van der Waals surface area (Å²) in [5, 5.41) is 11.0. The molecule has 0 amide bonds. The van der Waals surface area contributed by atoms with Crippen molar-refractivity contribution in [2.45, 2.75) is 78.7 Å². The van der Waals surface area contributed by atoms with Gasteiger partial charge in [0.05, 0.1) is 6.61 Å². The molecule has 1 N–H and O–H groups in total. The molecular formula is C23H32ClNO. The van der Waals surface area contributed by atoms with Gasteiger partial charge in [-0.1, -0.05) is 71.2 Å². The van der Waals surface area contributed by atoms with E-state index in [0.717, 1.165) is 45.9 Å². The van der Waals surface area contributed by atoms with Gasteiger partial charge in [-0.25, -0.2) is 0 Å². The Morgan fingerprint density at radius 1 is 1.00 bits per heavy atom. The molecule has 0 fully saturated rings. The second kappa shape index (κ2) is 9.53. The molecule has 3 heteroatoms. The molecule has 0 aliphatic rings. The second-order valence-corrected chi connectivity index (χ2v) is 8.09. The smallest absolute Gasteiger partial charge is 0.0705 e. The summed E-state index contributed by atoms with van der Waals surface area (Å²) in [5.41, 5.74) is 6.64. The lowest BCUT2D eigenvalue weighted by atomic mass is 9.85. The Bertz CT molecular complexity index is 737. The van der Waals surface area contributed by atoms with Gasteiger partial charge in [0.25, 0.3) is 0 Å². The molecule has 2 nitrogen and oxygen atoms in total. The first-order valence-electron chi connectivity index (χ1n) is 9.82. The molecule has 0 aliphatic heterocycles. The Morgan fingerprint density at radius 3 is 2.19 bits per heavy atom. The standard InChI is InChI=1S/C23H32ClNO/c1-6-7-8-12-19-21(17-10-9-11-18(24)13-17)20(14-26)23(16(4)5)25-22(19)15(2)3/h9-11,13,15-16,26H,6-8,12,14H2,1-5H3. The average molecular weight is 374 g/mol. The Morgan fingerprint density at radius 2 is 1.65 bits per heavy atom. The summed E-state index contributed by atoms with van der Waals surface area (Å²) in [4.78, 5) is 5.04. The van der Waals surface area contributed by atoms with E-state index in [2.05, 4.69) is 40.7 Å². The Kier molecular flexibility index (Phi) is 7.67. The van der Waals surface area contributed by atoms with E-state index in [1.165, 1.54) is 18.4 Å². The molecule has 1 aromatic heterocycles. The van der Waals surface area contributed by atoms with E-state index < -0.39 is 0 Å². The van der Waals surface area contributed by atoms with Crippen molar-refractivity contribution < 1.29 is 5.11 Å². The molecule has 0 saturated carbocycles. The maximum Gasteiger partial charge on any atom is 0.0705 e. The van der Waals surface area contributed by atoms with Gasteiger partial charge in [0.15, 0.2) is 0 Å². The van der Waals surface area contributed by atoms with Crippen LogP contribution in [0, 0.1) is 0 Å². The van der Waals surface area contributed by atoms with Gasteiger partial charge in [-0.05, 0) is 53.5 Å². The fourth-order valence-corrected chi connectivity index (χ4v) is 3.81. The van der Waals surface area contributed by atoms with E-state index in [1.54, 1.807) is 0 Å². The van der Waals surface area contributed by atoms with Crippen molar-refractivity contribution in [3.8, 4) is 11.1 Å². The van der Waals surface area contributed by atoms with Crippen molar-refractivity contribution >= 4 is 11.6 Å². The molecule has 26 heavy (non-hydrogen) atoms. The zero-order chi connectivity index (χ0) is 19.3. The summed E-state index contributed by atoms with van der Waals surface area (Å²) in [5.74, 6) is 0.604. The number of hydrogen-bond donors (Lipinski definition) is 1. The molecular weight excluding hydrogens is 342 g/mol. The number of pyridine rings is 1. The predicted octanol–water partition coefficient (Wildman–Crippen LogP) is 6.87. The van der Waals surface area contributed by atoms with Gasteiger partial charge in [-0.2, -0.15) is 0 Å². The molecule has 0 saturated heterocycles. The highest BCUT2D eigenvalue weighted by atomic mass is 35.5. The van der Waals surface area contributed by atoms with Gasteiger partial charge in [0, 0.05) is 22.0 Å². The van der Waals surface area contributed by atoms with Gasteiger partial charge in [-0.3, -0.25) is 4.98 Å². The number of aromatic nitrogens is 1. The number of aliphatic hydroxyl groups is 1. The number of unbranched alkanes of at least 4 members (excludes halogenated alkanes) is 2. The SMILES string of the molecule is CCCCCc1c(C(C)C)nc(C(C)C)c(CO)c1-c1cccc(Cl)c1. The maximum atomic E-state index is 10.2. The molecule has 1 heterocycles. The zero-order valence-corrected chi connectivity index (χ0v) is 17.5. The molecule has 0 spiro atoms. The largest absolute Gasteiger partial charge is 0.392 e. The number of hydrogen-bond acceptors (Lipinski definition) is 2. The third-order valence-electron chi connectivity index (χ3n) is 4.86. The summed E-state index contributed by atoms with van der Waals surface area (Å²) >= 11 is 6.30. The van der Waals surface area contributed by atoms with Crippen molar-refractivity contribution in [2.24, 2.45) is 0 Å². The van der Waals surface area contributed by atoms with Crippen LogP contribution in [-0.4, -0.2) is 10.1 Å². The second-order valence-electron chi connectivity index (χ2n) is 7.65. The first-order valence-corrected chi connectivity index (χ1v) is 10.2. The van der Waals surface area contributed by atoms with Crippen molar-refractivity contribution in [3.05, 3.63) is 51.8 Å². The van der Waals surface area contributed by atoms with Crippen LogP contribution in [0.4, 0.5) is 0 Å². The molecule has 0 atom stereocenters. The minimum Gasteiger partial charge on any atom is -0.392 e. The van der Waals surface area contributed by atoms with Crippen molar-refractivity contribution in [1.82, 2.24) is 4.98 Å². The third-order valence-corrected chi connectivity index (χ3v) is 5.09. The Labute approximate surface area is 163 Å². The van der Waals surface area contributed by atoms with Crippen LogP contribution in [0.5, 0.6) is 0 Å². The van der Waals surface area contributed by atoms with E-state index in [4.69, 9.17) is 16.6 Å². The van der Waals surface area contributed by atoms with E-state index in [-0.39, 0.29) is 12.5 Å². The lowest BCUT2D eigenvalue weighted by Crippen LogP contribution is -2.12. The fourth-order valence-electron chi connectivity index (χ4n) is 3.62. The minimum atomic E-state index is 0.00150. The highest BCUT2D eigenvalue weighted by Gasteiger charge is 2.23. The maximum absolute atomic E-state index is 10.2. The third kappa shape index (κ3) is 4.66. The lowest BCUT2D eigenvalue weighted by Gasteiger charge is -2.24. The highest BCUT2D eigenvalue weighted by molar-refractivity contribution is 6.30. The van der Waals surface area contributed by atoms with Crippen LogP contribution in [0.15, 0.2) is 24.3 Å². The van der Waals surface area contributed by atoms with Crippen LogP contribution >= 0.6 is 11.6 Å². The average Bonchev–Trinajstić information content (AvgIpc) is 2.60. The number of halogens is 1. The van der Waals surface area contributed by atoms with Crippen LogP contribution in [-0.2, 0) is 13.0 Å². The van der Waals surface area contributed by atoms with E-state index in [1.807, 2.05) is 18.2 Å². The van der Waals surface area contributed by atoms with Crippen molar-refractivity contribution in [1.29, 1.82) is 0 Å². The summed E-state index contributed by atoms with van der Waals surface area (Å²) in [6, 6.07) is 7.99. The van der Waals surface area contributed by atoms with Crippen LogP contribution in [0.3, 0.4) is 0 Å². The normalized spacial score (nSPS) is 11.6. The molecule has 1 aromatic carbocycles. The summed E-state index contributed by atoms with van der Waals surface area (Å²) < 4.78 is 0. The zero-order valence-electron chi connectivity index (χ0n) is 16.8. The van der Waals surface area contributed by atoms with E-state index in [0.29, 0.717) is 5.92 Å². The Balaban J connectivity index is 2.80. The highest BCUT2D eigenvalue weighted by Crippen LogP contribution is 2.38. The summed E-state index contributed by atoms with van der Waals surface area (Å²) in [6.45, 7) is 10.9. The summed E-state index contributed by atoms with van der Waals surface area (Å²) in [6.07, 6.45) is 4.51. The van der Waals surface area contributed by atoms with Crippen LogP contribution < -0.4 is 0 Å². The first-order chi connectivity index (χ1) is 12.4. The van der Waals surface area contributed by atoms with Crippen molar-refractivity contribution in [2.75, 3.05) is 0 Å². The van der Waals surface area contributed by atoms with Gasteiger partial charge in [0.1, 0.15) is 0 Å². The van der Waals surface area contributed by atoms with Gasteiger partial charge >= 0.3 is 0 Å². The van der Waals surface area contributed by atoms with Crippen LogP contribution in [0.1, 0.15) is 88.2 Å². The van der Waals surface area contributed by atoms with Gasteiger partial charge in [-0.15, -0.1) is 0 Å². The molecule has 0 radical (unpaired) electrons. The van der Waals surface area contributed by atoms with E-state index in [9.17, 15) is 5.11 Å². The predicted molar refractivity (Wildman–Crippen MR) is 112 cm³/mol. The van der Waals surface area contributed by atoms with E-state index >= 15 is 0 Å². The molecule has 0 aliphatic carbocycles. The number of rotatable bonds is 8. The molecule has 2 aromatic rings. The first kappa shape index (κ1) is 20.9. The number of benzene rings is 1. The molecule has 2 rings (SSSR count). The van der Waals surface area contributed by atoms with Crippen LogP contribution in [0.25, 0.3) is 11.1 Å². The van der Waals surface area contributed by atoms with Crippen LogP contribution in [0.2, 0.25) is 5.02 Å². The van der Waals surface area contributed by atoms with Gasteiger partial charge in [0.2, 0.25) is 0 Å². The summed E-state index contributed by atoms with van der Waals surface area (Å²) in [7, 11) is 0. The molecule has 142 valence electrons. The molecule has 0 bridgehead atoms. The fraction of sp³-hybridized carbons (Fsp3) is 0.522. The minimum absolute atomic E-state index is 0.00150. The lowest BCUT2D eigenvalue weighted by molar-refractivity contribution is 0.279. The quantitative estimate of drug-likeness (QED) is 0.512. The number of aliphatic hydroxyl groups excluding tert-OH is 1.